The van der Waals surface area contributed by atoms with Crippen LogP contribution in [0.15, 0.2) is 48.5 Å². The SMILES string of the molecule is Cc1cccc(C(O)(c2ccc(C(F)(F)F)cc2)C(F)(F)F)c1. The highest BCUT2D eigenvalue weighted by Gasteiger charge is 2.56. The summed E-state index contributed by atoms with van der Waals surface area (Å²) < 4.78 is 78.0. The van der Waals surface area contributed by atoms with Gasteiger partial charge in [0.05, 0.1) is 5.56 Å². The summed E-state index contributed by atoms with van der Waals surface area (Å²) in [5, 5.41) is 10.3. The first-order valence-corrected chi connectivity index (χ1v) is 6.50. The Morgan fingerprint density at radius 3 is 1.70 bits per heavy atom. The zero-order valence-corrected chi connectivity index (χ0v) is 11.8. The normalized spacial score (nSPS) is 15.3. The zero-order chi connectivity index (χ0) is 17.5. The van der Waals surface area contributed by atoms with Crippen LogP contribution < -0.4 is 0 Å². The summed E-state index contributed by atoms with van der Waals surface area (Å²) in [5.74, 6) is 0. The average Bonchev–Trinajstić information content (AvgIpc) is 2.44. The molecule has 2 rings (SSSR count). The van der Waals surface area contributed by atoms with E-state index in [1.54, 1.807) is 13.0 Å². The van der Waals surface area contributed by atoms with Crippen LogP contribution in [0.4, 0.5) is 26.3 Å². The standard InChI is InChI=1S/C16H12F6O/c1-10-3-2-4-13(9-10)14(23,16(20,21)22)11-5-7-12(8-6-11)15(17,18)19/h2-9,23H,1H3. The molecule has 7 heteroatoms. The van der Waals surface area contributed by atoms with Gasteiger partial charge < -0.3 is 5.11 Å². The van der Waals surface area contributed by atoms with Gasteiger partial charge in [0.2, 0.25) is 5.60 Å². The maximum Gasteiger partial charge on any atom is 0.425 e. The minimum absolute atomic E-state index is 0.454. The van der Waals surface area contributed by atoms with Crippen LogP contribution in [-0.4, -0.2) is 11.3 Å². The molecule has 0 aliphatic carbocycles. The quantitative estimate of drug-likeness (QED) is 0.781. The molecule has 0 fully saturated rings. The molecule has 2 aromatic carbocycles. The Bertz CT molecular complexity index is 687. The third-order valence-corrected chi connectivity index (χ3v) is 3.48. The first-order valence-electron chi connectivity index (χ1n) is 6.50. The molecule has 1 nitrogen and oxygen atoms in total. The van der Waals surface area contributed by atoms with E-state index in [2.05, 4.69) is 0 Å². The Balaban J connectivity index is 2.60. The van der Waals surface area contributed by atoms with Crippen LogP contribution in [0.2, 0.25) is 0 Å². The highest BCUT2D eigenvalue weighted by Crippen LogP contribution is 2.44. The van der Waals surface area contributed by atoms with Crippen molar-refractivity contribution in [2.75, 3.05) is 0 Å². The van der Waals surface area contributed by atoms with Crippen LogP contribution in [0.3, 0.4) is 0 Å². The average molecular weight is 334 g/mol. The first kappa shape index (κ1) is 17.3. The van der Waals surface area contributed by atoms with Gasteiger partial charge >= 0.3 is 12.4 Å². The number of aryl methyl sites for hydroxylation is 1. The smallest absolute Gasteiger partial charge is 0.372 e. The molecule has 1 N–H and O–H groups in total. The number of halogens is 6. The largest absolute Gasteiger partial charge is 0.425 e. The predicted octanol–water partition coefficient (Wildman–Crippen LogP) is 4.81. The summed E-state index contributed by atoms with van der Waals surface area (Å²) in [5.41, 5.74) is -5.12. The lowest BCUT2D eigenvalue weighted by atomic mass is 9.84. The number of aliphatic hydroxyl groups is 1. The molecule has 0 spiro atoms. The van der Waals surface area contributed by atoms with E-state index in [1.165, 1.54) is 6.07 Å². The molecular weight excluding hydrogens is 322 g/mol. The molecule has 0 aliphatic rings. The summed E-state index contributed by atoms with van der Waals surface area (Å²) in [6.45, 7) is 1.55. The van der Waals surface area contributed by atoms with Gasteiger partial charge in [-0.05, 0) is 30.2 Å². The lowest BCUT2D eigenvalue weighted by molar-refractivity contribution is -0.248. The highest BCUT2D eigenvalue weighted by molar-refractivity contribution is 5.41. The highest BCUT2D eigenvalue weighted by atomic mass is 19.4. The van der Waals surface area contributed by atoms with E-state index in [-0.39, 0.29) is 0 Å². The monoisotopic (exact) mass is 334 g/mol. The molecule has 124 valence electrons. The van der Waals surface area contributed by atoms with E-state index in [0.29, 0.717) is 29.8 Å². The van der Waals surface area contributed by atoms with Crippen molar-refractivity contribution in [3.63, 3.8) is 0 Å². The van der Waals surface area contributed by atoms with Crippen LogP contribution in [0.25, 0.3) is 0 Å². The predicted molar refractivity (Wildman–Crippen MR) is 71.7 cm³/mol. The second-order valence-electron chi connectivity index (χ2n) is 5.15. The third kappa shape index (κ3) is 3.19. The number of alkyl halides is 6. The third-order valence-electron chi connectivity index (χ3n) is 3.48. The molecule has 0 aliphatic heterocycles. The molecule has 2 aromatic rings. The van der Waals surface area contributed by atoms with Gasteiger partial charge in [-0.3, -0.25) is 0 Å². The molecule has 0 heterocycles. The Kier molecular flexibility index (Phi) is 4.19. The van der Waals surface area contributed by atoms with E-state index in [9.17, 15) is 31.4 Å². The summed E-state index contributed by atoms with van der Waals surface area (Å²) in [6.07, 6.45) is -9.77. The molecule has 0 radical (unpaired) electrons. The second kappa shape index (κ2) is 5.56. The summed E-state index contributed by atoms with van der Waals surface area (Å²) >= 11 is 0. The Hall–Kier alpha value is -2.02. The van der Waals surface area contributed by atoms with Crippen molar-refractivity contribution in [1.82, 2.24) is 0 Å². The number of rotatable bonds is 2. The fourth-order valence-electron chi connectivity index (χ4n) is 2.26. The molecule has 0 saturated carbocycles. The molecule has 0 saturated heterocycles. The van der Waals surface area contributed by atoms with Crippen LogP contribution in [0.5, 0.6) is 0 Å². The summed E-state index contributed by atoms with van der Waals surface area (Å²) in [7, 11) is 0. The van der Waals surface area contributed by atoms with Crippen molar-refractivity contribution in [2.45, 2.75) is 24.9 Å². The van der Waals surface area contributed by atoms with E-state index in [0.717, 1.165) is 12.1 Å². The number of benzene rings is 2. The van der Waals surface area contributed by atoms with Crippen LogP contribution >= 0.6 is 0 Å². The topological polar surface area (TPSA) is 20.2 Å². The van der Waals surface area contributed by atoms with E-state index in [1.807, 2.05) is 0 Å². The lowest BCUT2D eigenvalue weighted by Gasteiger charge is -2.32. The van der Waals surface area contributed by atoms with Gasteiger partial charge in [0.1, 0.15) is 0 Å². The van der Waals surface area contributed by atoms with Crippen molar-refractivity contribution in [3.05, 3.63) is 70.8 Å². The molecule has 23 heavy (non-hydrogen) atoms. The Morgan fingerprint density at radius 1 is 0.739 bits per heavy atom. The fourth-order valence-corrected chi connectivity index (χ4v) is 2.26. The number of hydrogen-bond donors (Lipinski definition) is 1. The van der Waals surface area contributed by atoms with E-state index in [4.69, 9.17) is 0 Å². The van der Waals surface area contributed by atoms with Gasteiger partial charge in [-0.15, -0.1) is 0 Å². The lowest BCUT2D eigenvalue weighted by Crippen LogP contribution is -2.43. The van der Waals surface area contributed by atoms with Crippen molar-refractivity contribution in [2.24, 2.45) is 0 Å². The maximum atomic E-state index is 13.5. The van der Waals surface area contributed by atoms with Gasteiger partial charge in [0.25, 0.3) is 0 Å². The van der Waals surface area contributed by atoms with Gasteiger partial charge in [-0.2, -0.15) is 26.3 Å². The second-order valence-corrected chi connectivity index (χ2v) is 5.15. The van der Waals surface area contributed by atoms with Crippen molar-refractivity contribution < 1.29 is 31.4 Å². The van der Waals surface area contributed by atoms with Gasteiger partial charge in [0, 0.05) is 0 Å². The van der Waals surface area contributed by atoms with E-state index < -0.39 is 34.6 Å². The Labute approximate surface area is 128 Å². The Morgan fingerprint density at radius 2 is 1.26 bits per heavy atom. The minimum atomic E-state index is -5.10. The van der Waals surface area contributed by atoms with E-state index >= 15 is 0 Å². The molecule has 1 atom stereocenters. The van der Waals surface area contributed by atoms with Crippen LogP contribution in [-0.2, 0) is 11.8 Å². The molecule has 0 bridgehead atoms. The molecule has 0 aromatic heterocycles. The van der Waals surface area contributed by atoms with Crippen molar-refractivity contribution in [1.29, 1.82) is 0 Å². The maximum absolute atomic E-state index is 13.5. The fraction of sp³-hybridized carbons (Fsp3) is 0.250. The molecule has 1 unspecified atom stereocenters. The first-order chi connectivity index (χ1) is 10.5. The van der Waals surface area contributed by atoms with Crippen LogP contribution in [0, 0.1) is 6.92 Å². The zero-order valence-electron chi connectivity index (χ0n) is 11.8. The van der Waals surface area contributed by atoms with Gasteiger partial charge in [0.15, 0.2) is 0 Å². The van der Waals surface area contributed by atoms with Gasteiger partial charge in [-0.1, -0.05) is 42.0 Å². The number of hydrogen-bond acceptors (Lipinski definition) is 1. The van der Waals surface area contributed by atoms with Crippen molar-refractivity contribution in [3.8, 4) is 0 Å². The summed E-state index contributed by atoms with van der Waals surface area (Å²) in [6, 6.07) is 7.42. The van der Waals surface area contributed by atoms with Crippen molar-refractivity contribution >= 4 is 0 Å². The molecule has 0 amide bonds. The summed E-state index contributed by atoms with van der Waals surface area (Å²) in [4.78, 5) is 0. The molecular formula is C16H12F6O. The van der Waals surface area contributed by atoms with Crippen LogP contribution in [0.1, 0.15) is 22.3 Å². The minimum Gasteiger partial charge on any atom is -0.372 e. The van der Waals surface area contributed by atoms with Gasteiger partial charge in [-0.25, -0.2) is 0 Å².